The first kappa shape index (κ1) is 18.1. The van der Waals surface area contributed by atoms with Crippen LogP contribution in [0, 0.1) is 26.7 Å². The summed E-state index contributed by atoms with van der Waals surface area (Å²) in [4.78, 5) is 14.1. The number of aryl methyl sites for hydroxylation is 2. The SMILES string of the molecule is CC(=O)c1c(C)cc(C)c(CN(C)C[C@H]2CCS(=O)(=O)C2)c1C. The molecule has 1 aromatic carbocycles. The van der Waals surface area contributed by atoms with Crippen LogP contribution in [0.4, 0.5) is 0 Å². The van der Waals surface area contributed by atoms with Gasteiger partial charge in [-0.1, -0.05) is 6.07 Å². The average Bonchev–Trinajstić information content (AvgIpc) is 2.73. The van der Waals surface area contributed by atoms with Crippen LogP contribution in [0.5, 0.6) is 0 Å². The van der Waals surface area contributed by atoms with Crippen LogP contribution in [-0.2, 0) is 16.4 Å². The molecule has 1 saturated heterocycles. The molecule has 0 amide bonds. The molecule has 0 N–H and O–H groups in total. The van der Waals surface area contributed by atoms with Crippen LogP contribution in [0.1, 0.15) is 46.0 Å². The number of nitrogens with zero attached hydrogens (tertiary/aromatic N) is 1. The van der Waals surface area contributed by atoms with E-state index in [1.165, 1.54) is 11.1 Å². The van der Waals surface area contributed by atoms with Gasteiger partial charge in [-0.2, -0.15) is 0 Å². The fourth-order valence-corrected chi connectivity index (χ4v) is 5.65. The predicted molar refractivity (Wildman–Crippen MR) is 93.8 cm³/mol. The molecule has 0 radical (unpaired) electrons. The Morgan fingerprint density at radius 2 is 1.91 bits per heavy atom. The van der Waals surface area contributed by atoms with E-state index in [9.17, 15) is 13.2 Å². The quantitative estimate of drug-likeness (QED) is 0.775. The molecule has 1 aliphatic heterocycles. The van der Waals surface area contributed by atoms with Crippen LogP contribution in [0.3, 0.4) is 0 Å². The lowest BCUT2D eigenvalue weighted by atomic mass is 9.91. The number of sulfone groups is 1. The summed E-state index contributed by atoms with van der Waals surface area (Å²) in [6, 6.07) is 2.08. The van der Waals surface area contributed by atoms with Crippen LogP contribution in [0.25, 0.3) is 0 Å². The Morgan fingerprint density at radius 3 is 2.43 bits per heavy atom. The first-order valence-corrected chi connectivity index (χ1v) is 9.92. The van der Waals surface area contributed by atoms with E-state index >= 15 is 0 Å². The Balaban J connectivity index is 2.16. The Labute approximate surface area is 139 Å². The number of Topliss-reactive ketones (excluding diaryl/α,β-unsaturated/α-hetero) is 1. The maximum Gasteiger partial charge on any atom is 0.160 e. The highest BCUT2D eigenvalue weighted by Crippen LogP contribution is 2.25. The number of hydrogen-bond acceptors (Lipinski definition) is 4. The molecule has 4 nitrogen and oxygen atoms in total. The standard InChI is InChI=1S/C18H27NO3S/c1-12-8-13(2)18(15(4)20)14(3)17(12)10-19(5)9-16-6-7-23(21,22)11-16/h8,16H,6-7,9-11H2,1-5H3/t16-/m1/s1. The van der Waals surface area contributed by atoms with Gasteiger partial charge in [0.1, 0.15) is 0 Å². The second kappa shape index (κ2) is 6.73. The van der Waals surface area contributed by atoms with E-state index in [-0.39, 0.29) is 11.7 Å². The monoisotopic (exact) mass is 337 g/mol. The van der Waals surface area contributed by atoms with Gasteiger partial charge in [0.15, 0.2) is 15.6 Å². The van der Waals surface area contributed by atoms with E-state index in [0.29, 0.717) is 11.5 Å². The van der Waals surface area contributed by atoms with Gasteiger partial charge in [-0.05, 0) is 69.3 Å². The van der Waals surface area contributed by atoms with Crippen molar-refractivity contribution in [3.8, 4) is 0 Å². The summed E-state index contributed by atoms with van der Waals surface area (Å²) in [7, 11) is -0.800. The smallest absolute Gasteiger partial charge is 0.160 e. The molecule has 1 atom stereocenters. The van der Waals surface area contributed by atoms with Crippen LogP contribution in [0.15, 0.2) is 6.07 Å². The first-order chi connectivity index (χ1) is 10.6. The van der Waals surface area contributed by atoms with E-state index in [1.807, 2.05) is 20.9 Å². The van der Waals surface area contributed by atoms with E-state index in [0.717, 1.165) is 36.2 Å². The summed E-state index contributed by atoms with van der Waals surface area (Å²) in [6.07, 6.45) is 0.761. The molecule has 0 saturated carbocycles. The van der Waals surface area contributed by atoms with E-state index in [2.05, 4.69) is 17.9 Å². The fraction of sp³-hybridized carbons (Fsp3) is 0.611. The van der Waals surface area contributed by atoms with Gasteiger partial charge in [-0.3, -0.25) is 4.79 Å². The minimum absolute atomic E-state index is 0.103. The maximum atomic E-state index is 11.9. The Bertz CT molecular complexity index is 722. The summed E-state index contributed by atoms with van der Waals surface area (Å²) >= 11 is 0. The van der Waals surface area contributed by atoms with Gasteiger partial charge in [0.2, 0.25) is 0 Å². The number of carbonyl (C=O) groups is 1. The van der Waals surface area contributed by atoms with Crippen LogP contribution >= 0.6 is 0 Å². The van der Waals surface area contributed by atoms with Gasteiger partial charge in [-0.25, -0.2) is 8.42 Å². The van der Waals surface area contributed by atoms with Crippen molar-refractivity contribution in [3.63, 3.8) is 0 Å². The average molecular weight is 337 g/mol. The van der Waals surface area contributed by atoms with Gasteiger partial charge < -0.3 is 4.90 Å². The van der Waals surface area contributed by atoms with Crippen LogP contribution in [0.2, 0.25) is 0 Å². The van der Waals surface area contributed by atoms with E-state index in [1.54, 1.807) is 6.92 Å². The Hall–Kier alpha value is -1.20. The molecular formula is C18H27NO3S. The predicted octanol–water partition coefficient (Wildman–Crippen LogP) is 2.68. The van der Waals surface area contributed by atoms with Crippen molar-refractivity contribution in [2.24, 2.45) is 5.92 Å². The molecular weight excluding hydrogens is 310 g/mol. The first-order valence-electron chi connectivity index (χ1n) is 8.10. The molecule has 5 heteroatoms. The third kappa shape index (κ3) is 4.21. The molecule has 0 spiro atoms. The lowest BCUT2D eigenvalue weighted by Crippen LogP contribution is -2.27. The summed E-state index contributed by atoms with van der Waals surface area (Å²) in [5.41, 5.74) is 5.28. The molecule has 128 valence electrons. The third-order valence-electron chi connectivity index (χ3n) is 4.81. The Morgan fingerprint density at radius 1 is 1.26 bits per heavy atom. The molecule has 0 unspecified atom stereocenters. The second-order valence-corrected chi connectivity index (χ2v) is 9.24. The lowest BCUT2D eigenvalue weighted by Gasteiger charge is -2.24. The van der Waals surface area contributed by atoms with Gasteiger partial charge in [0, 0.05) is 18.7 Å². The van der Waals surface area contributed by atoms with Crippen molar-refractivity contribution in [1.82, 2.24) is 4.90 Å². The molecule has 1 fully saturated rings. The highest BCUT2D eigenvalue weighted by molar-refractivity contribution is 7.91. The van der Waals surface area contributed by atoms with Gasteiger partial charge in [0.05, 0.1) is 11.5 Å². The minimum Gasteiger partial charge on any atom is -0.302 e. The number of ketones is 1. The topological polar surface area (TPSA) is 54.5 Å². The zero-order valence-electron chi connectivity index (χ0n) is 14.8. The molecule has 1 heterocycles. The van der Waals surface area contributed by atoms with Crippen LogP contribution in [-0.4, -0.2) is 44.2 Å². The zero-order chi connectivity index (χ0) is 17.4. The number of carbonyl (C=O) groups excluding carboxylic acids is 1. The summed E-state index contributed by atoms with van der Waals surface area (Å²) in [5, 5.41) is 0. The Kier molecular flexibility index (Phi) is 5.31. The van der Waals surface area contributed by atoms with Crippen molar-refractivity contribution in [3.05, 3.63) is 33.9 Å². The fourth-order valence-electron chi connectivity index (χ4n) is 3.80. The van der Waals surface area contributed by atoms with Crippen molar-refractivity contribution in [1.29, 1.82) is 0 Å². The molecule has 1 aliphatic rings. The second-order valence-electron chi connectivity index (χ2n) is 7.01. The molecule has 2 rings (SSSR count). The molecule has 1 aromatic rings. The van der Waals surface area contributed by atoms with Crippen molar-refractivity contribution >= 4 is 15.6 Å². The molecule has 0 aliphatic carbocycles. The number of hydrogen-bond donors (Lipinski definition) is 0. The van der Waals surface area contributed by atoms with Crippen LogP contribution < -0.4 is 0 Å². The zero-order valence-corrected chi connectivity index (χ0v) is 15.6. The summed E-state index contributed by atoms with van der Waals surface area (Å²) in [6.45, 7) is 9.21. The molecule has 0 bridgehead atoms. The summed E-state index contributed by atoms with van der Waals surface area (Å²) < 4.78 is 23.2. The maximum absolute atomic E-state index is 11.9. The number of rotatable bonds is 5. The van der Waals surface area contributed by atoms with Crippen molar-refractivity contribution < 1.29 is 13.2 Å². The number of benzene rings is 1. The van der Waals surface area contributed by atoms with E-state index < -0.39 is 9.84 Å². The molecule has 23 heavy (non-hydrogen) atoms. The highest BCUT2D eigenvalue weighted by atomic mass is 32.2. The normalized spacial score (nSPS) is 20.2. The van der Waals surface area contributed by atoms with Crippen molar-refractivity contribution in [2.75, 3.05) is 25.1 Å². The highest BCUT2D eigenvalue weighted by Gasteiger charge is 2.28. The third-order valence-corrected chi connectivity index (χ3v) is 6.64. The van der Waals surface area contributed by atoms with E-state index in [4.69, 9.17) is 0 Å². The largest absolute Gasteiger partial charge is 0.302 e. The van der Waals surface area contributed by atoms with Gasteiger partial charge in [-0.15, -0.1) is 0 Å². The minimum atomic E-state index is -2.83. The van der Waals surface area contributed by atoms with Gasteiger partial charge in [0.25, 0.3) is 0 Å². The summed E-state index contributed by atoms with van der Waals surface area (Å²) in [5.74, 6) is 0.957. The molecule has 0 aromatic heterocycles. The van der Waals surface area contributed by atoms with Gasteiger partial charge >= 0.3 is 0 Å². The van der Waals surface area contributed by atoms with Crippen molar-refractivity contribution in [2.45, 2.75) is 40.7 Å². The lowest BCUT2D eigenvalue weighted by molar-refractivity contribution is 0.101.